The normalized spacial score (nSPS) is 10.7. The summed E-state index contributed by atoms with van der Waals surface area (Å²) in [5.74, 6) is -0.120. The molecule has 2 N–H and O–H groups in total. The predicted octanol–water partition coefficient (Wildman–Crippen LogP) is -0.488. The van der Waals surface area contributed by atoms with E-state index >= 15 is 0 Å². The SMILES string of the molecule is CC(C)(C)c1ccc(O)c(O)c1.[H-].[Na+]. The number of phenols is 2. The first-order chi connectivity index (χ1) is 5.41. The molecular formula is C10H15NaO2. The van der Waals surface area contributed by atoms with Crippen LogP contribution in [0.15, 0.2) is 18.2 Å². The first kappa shape index (κ1) is 12.8. The van der Waals surface area contributed by atoms with Gasteiger partial charge in [-0.1, -0.05) is 26.8 Å². The third kappa shape index (κ3) is 3.22. The summed E-state index contributed by atoms with van der Waals surface area (Å²) < 4.78 is 0. The average molecular weight is 190 g/mol. The van der Waals surface area contributed by atoms with Crippen LogP contribution < -0.4 is 29.6 Å². The van der Waals surface area contributed by atoms with Crippen molar-refractivity contribution in [3.8, 4) is 11.5 Å². The number of rotatable bonds is 0. The minimum atomic E-state index is -0.0667. The van der Waals surface area contributed by atoms with Crippen molar-refractivity contribution in [1.29, 1.82) is 0 Å². The van der Waals surface area contributed by atoms with E-state index in [0.29, 0.717) is 0 Å². The summed E-state index contributed by atoms with van der Waals surface area (Å²) in [6.45, 7) is 6.16. The van der Waals surface area contributed by atoms with Crippen molar-refractivity contribution in [2.75, 3.05) is 0 Å². The maximum absolute atomic E-state index is 9.21. The Kier molecular flexibility index (Phi) is 4.30. The molecule has 0 aromatic heterocycles. The van der Waals surface area contributed by atoms with Crippen LogP contribution in [-0.2, 0) is 5.41 Å². The first-order valence-electron chi connectivity index (χ1n) is 3.94. The molecule has 0 heterocycles. The monoisotopic (exact) mass is 190 g/mol. The Bertz CT molecular complexity index is 295. The zero-order chi connectivity index (χ0) is 9.35. The molecule has 1 aromatic carbocycles. The molecule has 1 aromatic rings. The number of phenolic OH excluding ortho intramolecular Hbond substituents is 2. The Morgan fingerprint density at radius 1 is 1.08 bits per heavy atom. The summed E-state index contributed by atoms with van der Waals surface area (Å²) in [4.78, 5) is 0. The summed E-state index contributed by atoms with van der Waals surface area (Å²) in [5, 5.41) is 18.3. The molecule has 2 nitrogen and oxygen atoms in total. The quantitative estimate of drug-likeness (QED) is 0.428. The number of hydrogen-bond acceptors (Lipinski definition) is 2. The number of benzene rings is 1. The molecule has 0 aliphatic carbocycles. The van der Waals surface area contributed by atoms with E-state index in [2.05, 4.69) is 20.8 Å². The van der Waals surface area contributed by atoms with Crippen molar-refractivity contribution in [2.24, 2.45) is 0 Å². The van der Waals surface area contributed by atoms with Gasteiger partial charge in [0.05, 0.1) is 0 Å². The predicted molar refractivity (Wildman–Crippen MR) is 49.6 cm³/mol. The Morgan fingerprint density at radius 3 is 2.00 bits per heavy atom. The zero-order valence-corrected chi connectivity index (χ0v) is 10.6. The molecule has 0 saturated carbocycles. The fourth-order valence-electron chi connectivity index (χ4n) is 0.990. The van der Waals surface area contributed by atoms with Gasteiger partial charge >= 0.3 is 29.6 Å². The molecule has 0 amide bonds. The van der Waals surface area contributed by atoms with Crippen molar-refractivity contribution < 1.29 is 41.2 Å². The molecule has 0 unspecified atom stereocenters. The van der Waals surface area contributed by atoms with Crippen LogP contribution >= 0.6 is 0 Å². The first-order valence-corrected chi connectivity index (χ1v) is 3.94. The van der Waals surface area contributed by atoms with Crippen LogP contribution in [-0.4, -0.2) is 10.2 Å². The van der Waals surface area contributed by atoms with Gasteiger partial charge in [-0.25, -0.2) is 0 Å². The summed E-state index contributed by atoms with van der Waals surface area (Å²) >= 11 is 0. The average Bonchev–Trinajstić information content (AvgIpc) is 1.92. The van der Waals surface area contributed by atoms with Crippen LogP contribution in [0, 0.1) is 0 Å². The fourth-order valence-corrected chi connectivity index (χ4v) is 0.990. The van der Waals surface area contributed by atoms with E-state index < -0.39 is 0 Å². The largest absolute Gasteiger partial charge is 1.00 e. The molecular weight excluding hydrogens is 175 g/mol. The van der Waals surface area contributed by atoms with Crippen LogP contribution in [0.4, 0.5) is 0 Å². The van der Waals surface area contributed by atoms with Crippen molar-refractivity contribution in [3.63, 3.8) is 0 Å². The van der Waals surface area contributed by atoms with Crippen LogP contribution in [0.25, 0.3) is 0 Å². The van der Waals surface area contributed by atoms with Crippen LogP contribution in [0.5, 0.6) is 11.5 Å². The molecule has 1 rings (SSSR count). The molecule has 0 aliphatic heterocycles. The molecule has 0 radical (unpaired) electrons. The Balaban J connectivity index is 0. The topological polar surface area (TPSA) is 40.5 Å². The molecule has 0 spiro atoms. The summed E-state index contributed by atoms with van der Waals surface area (Å²) in [6.07, 6.45) is 0. The Morgan fingerprint density at radius 2 is 1.62 bits per heavy atom. The van der Waals surface area contributed by atoms with E-state index in [4.69, 9.17) is 5.11 Å². The molecule has 0 saturated heterocycles. The molecule has 0 atom stereocenters. The van der Waals surface area contributed by atoms with Gasteiger partial charge < -0.3 is 11.6 Å². The van der Waals surface area contributed by atoms with Crippen LogP contribution in [0.2, 0.25) is 0 Å². The molecule has 0 fully saturated rings. The second kappa shape index (κ2) is 4.36. The van der Waals surface area contributed by atoms with E-state index in [-0.39, 0.29) is 47.9 Å². The van der Waals surface area contributed by atoms with Crippen LogP contribution in [0.3, 0.4) is 0 Å². The zero-order valence-electron chi connectivity index (χ0n) is 9.63. The summed E-state index contributed by atoms with van der Waals surface area (Å²) in [5.41, 5.74) is 1.02. The van der Waals surface area contributed by atoms with E-state index in [0.717, 1.165) is 5.56 Å². The minimum absolute atomic E-state index is 0. The molecule has 0 bridgehead atoms. The molecule has 68 valence electrons. The van der Waals surface area contributed by atoms with Gasteiger partial charge in [-0.15, -0.1) is 0 Å². The van der Waals surface area contributed by atoms with Crippen molar-refractivity contribution in [2.45, 2.75) is 26.2 Å². The van der Waals surface area contributed by atoms with Crippen molar-refractivity contribution in [3.05, 3.63) is 23.8 Å². The van der Waals surface area contributed by atoms with Crippen LogP contribution in [0.1, 0.15) is 27.8 Å². The van der Waals surface area contributed by atoms with Crippen molar-refractivity contribution >= 4 is 0 Å². The third-order valence-electron chi connectivity index (χ3n) is 1.84. The summed E-state index contributed by atoms with van der Waals surface area (Å²) in [6, 6.07) is 4.92. The molecule has 13 heavy (non-hydrogen) atoms. The standard InChI is InChI=1S/C10H14O2.Na.H/c1-10(2,3)7-4-5-8(11)9(12)6-7;;/h4-6,11-12H,1-3H3;;/q;+1;-1. The minimum Gasteiger partial charge on any atom is -1.00 e. The third-order valence-corrected chi connectivity index (χ3v) is 1.84. The smallest absolute Gasteiger partial charge is 1.00 e. The second-order valence-electron chi connectivity index (χ2n) is 3.95. The van der Waals surface area contributed by atoms with Gasteiger partial charge in [0.1, 0.15) is 0 Å². The van der Waals surface area contributed by atoms with Gasteiger partial charge in [0, 0.05) is 0 Å². The Hall–Kier alpha value is -0.180. The van der Waals surface area contributed by atoms with Gasteiger partial charge in [-0.2, -0.15) is 0 Å². The number of hydrogen-bond donors (Lipinski definition) is 2. The molecule has 0 aliphatic rings. The second-order valence-corrected chi connectivity index (χ2v) is 3.95. The maximum Gasteiger partial charge on any atom is 1.00 e. The van der Waals surface area contributed by atoms with Crippen molar-refractivity contribution in [1.82, 2.24) is 0 Å². The van der Waals surface area contributed by atoms with E-state index in [1.807, 2.05) is 6.07 Å². The summed E-state index contributed by atoms with van der Waals surface area (Å²) in [7, 11) is 0. The van der Waals surface area contributed by atoms with Gasteiger partial charge in [0.15, 0.2) is 11.5 Å². The fraction of sp³-hybridized carbons (Fsp3) is 0.400. The van der Waals surface area contributed by atoms with Gasteiger partial charge in [-0.05, 0) is 23.1 Å². The van der Waals surface area contributed by atoms with Gasteiger partial charge in [0.25, 0.3) is 0 Å². The number of aromatic hydroxyl groups is 2. The van der Waals surface area contributed by atoms with Gasteiger partial charge in [0.2, 0.25) is 0 Å². The van der Waals surface area contributed by atoms with Gasteiger partial charge in [-0.3, -0.25) is 0 Å². The van der Waals surface area contributed by atoms with E-state index in [1.54, 1.807) is 6.07 Å². The van der Waals surface area contributed by atoms with E-state index in [1.165, 1.54) is 6.07 Å². The molecule has 3 heteroatoms. The van der Waals surface area contributed by atoms with E-state index in [9.17, 15) is 5.11 Å². The Labute approximate surface area is 102 Å². The maximum atomic E-state index is 9.21.